The maximum absolute atomic E-state index is 2.31. The van der Waals surface area contributed by atoms with E-state index in [2.05, 4.69) is 405 Å². The zero-order valence-electron chi connectivity index (χ0n) is 62.8. The van der Waals surface area contributed by atoms with Gasteiger partial charge in [-0.2, -0.15) is 22.8 Å². The van der Waals surface area contributed by atoms with Crippen LogP contribution in [0.2, 0.25) is 0 Å². The number of hydrogen-bond acceptors (Lipinski definition) is 0. The number of pyridine rings is 5. The molecule has 0 bridgehead atoms. The van der Waals surface area contributed by atoms with E-state index in [0.717, 1.165) is 0 Å². The van der Waals surface area contributed by atoms with Gasteiger partial charge in [-0.1, -0.05) is 138 Å². The molecule has 0 aliphatic carbocycles. The number of para-hydroxylation sites is 1. The molecule has 0 saturated heterocycles. The third-order valence-electron chi connectivity index (χ3n) is 20.7. The van der Waals surface area contributed by atoms with E-state index in [4.69, 9.17) is 0 Å². The highest BCUT2D eigenvalue weighted by Crippen LogP contribution is 2.32. The normalized spacial score (nSPS) is 11.0. The largest absolute Gasteiger partial charge is 0.213 e. The molecule has 5 heterocycles. The van der Waals surface area contributed by atoms with Gasteiger partial charge in [-0.05, 0) is 232 Å². The van der Waals surface area contributed by atoms with Crippen LogP contribution in [-0.4, -0.2) is 0 Å². The molecule has 100 heavy (non-hydrogen) atoms. The van der Waals surface area contributed by atoms with E-state index in [0.29, 0.717) is 0 Å². The molecule has 0 aliphatic heterocycles. The second-order valence-corrected chi connectivity index (χ2v) is 27.9. The fourth-order valence-corrected chi connectivity index (χ4v) is 14.6. The molecule has 0 amide bonds. The standard InChI is InChI=1S/2C20H22N.C19H20N.2C18H18N/c1-13-11-15(3)16(4)18(12-13)20-10-9-17-14(2)7-6-8-19(17)21(20)5;1-13-10-14(2)16(4)18(11-13)20-12-15(3)17-8-6-7-9-19(17)21(20)5;1-13-8-9-15(3)17(12-13)19-11-10-16-14(2)6-5-7-18(16)20(19)4;1-13-7-4-5-9-15(13)18-12-11-16-14(2)8-6-10-17(16)19(18)3;1-13-8-10-17-15(12-13)9-11-18(19(17)3)16-7-5-4-6-14(16)2/h2*6-12H,1-5H3;5-12H,1-4H3;2*4-12H,1-3H3/q5*+1. The summed E-state index contributed by atoms with van der Waals surface area (Å²) in [6.07, 6.45) is 0. The molecule has 0 fully saturated rings. The monoisotopic (exact) mass is 1310 g/mol. The molecular formula is C95H100N5+5. The van der Waals surface area contributed by atoms with E-state index >= 15 is 0 Å². The van der Waals surface area contributed by atoms with E-state index in [-0.39, 0.29) is 0 Å². The molecule has 5 aromatic heterocycles. The first-order chi connectivity index (χ1) is 47.9. The van der Waals surface area contributed by atoms with E-state index < -0.39 is 0 Å². The van der Waals surface area contributed by atoms with Crippen LogP contribution in [0.4, 0.5) is 0 Å². The second-order valence-electron chi connectivity index (χ2n) is 27.9. The van der Waals surface area contributed by atoms with E-state index in [1.165, 1.54) is 194 Å². The average molecular weight is 1310 g/mol. The highest BCUT2D eigenvalue weighted by Gasteiger charge is 2.23. The SMILES string of the molecule is Cc1cc(C)c(C)c(-c2cc(C)c3ccccc3[n+]2C)c1.Cc1cc(C)c(C)c(-c2ccc3c(C)cccc3[n+]2C)c1.Cc1ccc(C)c(-c2ccc3c(C)cccc3[n+]2C)c1.Cc1ccc2c(ccc(-c3ccccc3C)[n+]2C)c1.Cc1ccccc1-c1ccc2c(C)cccc2[n+]1C. The van der Waals surface area contributed by atoms with Crippen molar-refractivity contribution in [3.05, 3.63) is 326 Å². The molecule has 0 spiro atoms. The Bertz CT molecular complexity index is 5590. The first-order valence-electron chi connectivity index (χ1n) is 35.2. The van der Waals surface area contributed by atoms with Gasteiger partial charge in [-0.3, -0.25) is 0 Å². The van der Waals surface area contributed by atoms with Gasteiger partial charge in [-0.15, -0.1) is 0 Å². The van der Waals surface area contributed by atoms with Crippen LogP contribution in [-0.2, 0) is 35.2 Å². The minimum absolute atomic E-state index is 1.26. The van der Waals surface area contributed by atoms with Crippen LogP contribution in [0.5, 0.6) is 0 Å². The van der Waals surface area contributed by atoms with Gasteiger partial charge in [0.15, 0.2) is 0 Å². The summed E-state index contributed by atoms with van der Waals surface area (Å²) < 4.78 is 11.5. The van der Waals surface area contributed by atoms with Crippen LogP contribution in [0.15, 0.2) is 243 Å². The fraction of sp³-hybridized carbons (Fsp3) is 0.211. The van der Waals surface area contributed by atoms with Crippen molar-refractivity contribution >= 4 is 54.5 Å². The number of hydrogen-bond donors (Lipinski definition) is 0. The number of aromatic nitrogens is 5. The molecule has 500 valence electrons. The van der Waals surface area contributed by atoms with Crippen LogP contribution in [0.3, 0.4) is 0 Å². The Hall–Kier alpha value is -10.8. The van der Waals surface area contributed by atoms with Gasteiger partial charge < -0.3 is 0 Å². The second kappa shape index (κ2) is 30.2. The molecule has 15 rings (SSSR count). The lowest BCUT2D eigenvalue weighted by atomic mass is 9.96. The summed E-state index contributed by atoms with van der Waals surface area (Å²) in [5.41, 5.74) is 39.3. The number of nitrogens with zero attached hydrogens (tertiary/aromatic N) is 5. The van der Waals surface area contributed by atoms with Crippen molar-refractivity contribution in [2.24, 2.45) is 35.2 Å². The number of fused-ring (bicyclic) bond motifs is 5. The number of aryl methyl sites for hydroxylation is 18. The van der Waals surface area contributed by atoms with Crippen LogP contribution in [0.25, 0.3) is 111 Å². The zero-order chi connectivity index (χ0) is 71.4. The third-order valence-corrected chi connectivity index (χ3v) is 20.7. The quantitative estimate of drug-likeness (QED) is 0.153. The lowest BCUT2D eigenvalue weighted by Gasteiger charge is -2.11. The average Bonchev–Trinajstić information content (AvgIpc) is 0.797. The molecule has 0 saturated carbocycles. The van der Waals surface area contributed by atoms with Crippen molar-refractivity contribution in [3.63, 3.8) is 0 Å². The minimum Gasteiger partial charge on any atom is -0.194 e. The Kier molecular flexibility index (Phi) is 21.3. The smallest absolute Gasteiger partial charge is 0.194 e. The van der Waals surface area contributed by atoms with Gasteiger partial charge in [0.05, 0.1) is 0 Å². The van der Waals surface area contributed by atoms with Crippen molar-refractivity contribution in [2.75, 3.05) is 0 Å². The molecule has 0 unspecified atom stereocenters. The number of rotatable bonds is 5. The summed E-state index contributed by atoms with van der Waals surface area (Å²) in [5, 5.41) is 6.59. The van der Waals surface area contributed by atoms with E-state index in [9.17, 15) is 0 Å². The Morgan fingerprint density at radius 3 is 0.990 bits per heavy atom. The van der Waals surface area contributed by atoms with Crippen molar-refractivity contribution in [2.45, 2.75) is 104 Å². The van der Waals surface area contributed by atoms with Crippen molar-refractivity contribution in [3.8, 4) is 56.3 Å². The van der Waals surface area contributed by atoms with Crippen LogP contribution in [0.1, 0.15) is 83.5 Å². The summed E-state index contributed by atoms with van der Waals surface area (Å²) in [6.45, 7) is 32.6. The maximum atomic E-state index is 2.31. The highest BCUT2D eigenvalue weighted by atomic mass is 15.0. The Morgan fingerprint density at radius 1 is 0.180 bits per heavy atom. The summed E-state index contributed by atoms with van der Waals surface area (Å²) >= 11 is 0. The summed E-state index contributed by atoms with van der Waals surface area (Å²) in [5.74, 6) is 0. The molecule has 15 aromatic rings. The predicted molar refractivity (Wildman–Crippen MR) is 424 cm³/mol. The lowest BCUT2D eigenvalue weighted by Crippen LogP contribution is -2.32. The zero-order valence-corrected chi connectivity index (χ0v) is 62.8. The van der Waals surface area contributed by atoms with E-state index in [1.54, 1.807) is 0 Å². The van der Waals surface area contributed by atoms with Gasteiger partial charge in [0.25, 0.3) is 0 Å². The van der Waals surface area contributed by atoms with Crippen LogP contribution in [0, 0.1) is 104 Å². The Balaban J connectivity index is 0.000000126. The fourth-order valence-electron chi connectivity index (χ4n) is 14.6. The molecule has 0 radical (unpaired) electrons. The van der Waals surface area contributed by atoms with Crippen molar-refractivity contribution < 1.29 is 22.8 Å². The summed E-state index contributed by atoms with van der Waals surface area (Å²) in [4.78, 5) is 0. The molecule has 5 heteroatoms. The predicted octanol–water partition coefficient (Wildman–Crippen LogP) is 21.3. The Morgan fingerprint density at radius 2 is 0.510 bits per heavy atom. The molecule has 10 aromatic carbocycles. The maximum Gasteiger partial charge on any atom is 0.213 e. The lowest BCUT2D eigenvalue weighted by molar-refractivity contribution is -0.633. The van der Waals surface area contributed by atoms with Gasteiger partial charge in [0, 0.05) is 115 Å². The summed E-state index contributed by atoms with van der Waals surface area (Å²) in [7, 11) is 10.8. The first-order valence-corrected chi connectivity index (χ1v) is 35.2. The Labute approximate surface area is 595 Å². The van der Waals surface area contributed by atoms with Crippen molar-refractivity contribution in [1.82, 2.24) is 0 Å². The number of benzene rings is 10. The van der Waals surface area contributed by atoms with Gasteiger partial charge in [-0.25, -0.2) is 0 Å². The summed E-state index contributed by atoms with van der Waals surface area (Å²) in [6, 6.07) is 87.6. The van der Waals surface area contributed by atoms with E-state index in [1.807, 2.05) is 0 Å². The highest BCUT2D eigenvalue weighted by molar-refractivity contribution is 5.85. The van der Waals surface area contributed by atoms with Crippen LogP contribution >= 0.6 is 0 Å². The van der Waals surface area contributed by atoms with Gasteiger partial charge in [0.2, 0.25) is 56.1 Å². The molecule has 0 N–H and O–H groups in total. The molecular weight excluding hydrogens is 1210 g/mol. The van der Waals surface area contributed by atoms with Gasteiger partial charge in [0.1, 0.15) is 35.2 Å². The molecule has 5 nitrogen and oxygen atoms in total. The first kappa shape index (κ1) is 70.6. The molecule has 0 atom stereocenters. The van der Waals surface area contributed by atoms with Gasteiger partial charge >= 0.3 is 0 Å². The minimum atomic E-state index is 1.26. The third kappa shape index (κ3) is 14.7. The topological polar surface area (TPSA) is 19.4 Å². The molecule has 0 aliphatic rings. The van der Waals surface area contributed by atoms with Crippen molar-refractivity contribution in [1.29, 1.82) is 0 Å². The van der Waals surface area contributed by atoms with Crippen LogP contribution < -0.4 is 22.8 Å².